The molecular weight excluding hydrogens is 184 g/mol. The van der Waals surface area contributed by atoms with Crippen LogP contribution in [0.15, 0.2) is 0 Å². The fourth-order valence-corrected chi connectivity index (χ4v) is 2.34. The number of nitrogens with zero attached hydrogens (tertiary/aromatic N) is 1. The van der Waals surface area contributed by atoms with Crippen molar-refractivity contribution in [3.8, 4) is 0 Å². The lowest BCUT2D eigenvalue weighted by molar-refractivity contribution is 0.113. The Hall–Kier alpha value is -0.0800. The average molecular weight is 212 g/mol. The molecule has 0 saturated carbocycles. The maximum absolute atomic E-state index is 5.76. The van der Waals surface area contributed by atoms with Gasteiger partial charge in [0.15, 0.2) is 0 Å². The minimum Gasteiger partial charge on any atom is -0.330 e. The maximum atomic E-state index is 5.76. The van der Waals surface area contributed by atoms with Crippen molar-refractivity contribution >= 4 is 0 Å². The number of rotatable bonds is 4. The quantitative estimate of drug-likeness (QED) is 0.776. The van der Waals surface area contributed by atoms with E-state index in [1.54, 1.807) is 0 Å². The van der Waals surface area contributed by atoms with Crippen LogP contribution < -0.4 is 5.73 Å². The summed E-state index contributed by atoms with van der Waals surface area (Å²) in [4.78, 5) is 2.64. The SMILES string of the molecule is CC1CCN(CCC(C)(C)CN)C(C)C1. The fourth-order valence-electron chi connectivity index (χ4n) is 2.34. The Kier molecular flexibility index (Phi) is 4.60. The molecule has 0 aromatic carbocycles. The third kappa shape index (κ3) is 4.12. The van der Waals surface area contributed by atoms with Crippen LogP contribution in [0.1, 0.15) is 47.0 Å². The van der Waals surface area contributed by atoms with E-state index in [1.165, 1.54) is 32.4 Å². The van der Waals surface area contributed by atoms with Gasteiger partial charge < -0.3 is 10.6 Å². The average Bonchev–Trinajstić information content (AvgIpc) is 2.16. The van der Waals surface area contributed by atoms with Crippen molar-refractivity contribution in [2.75, 3.05) is 19.6 Å². The molecule has 15 heavy (non-hydrogen) atoms. The van der Waals surface area contributed by atoms with Gasteiger partial charge in [0.05, 0.1) is 0 Å². The highest BCUT2D eigenvalue weighted by molar-refractivity contribution is 4.79. The Balaban J connectivity index is 2.33. The number of piperidine rings is 1. The lowest BCUT2D eigenvalue weighted by atomic mass is 9.87. The van der Waals surface area contributed by atoms with Crippen LogP contribution in [0.3, 0.4) is 0 Å². The van der Waals surface area contributed by atoms with E-state index in [4.69, 9.17) is 5.73 Å². The highest BCUT2D eigenvalue weighted by atomic mass is 15.2. The van der Waals surface area contributed by atoms with Crippen molar-refractivity contribution in [2.24, 2.45) is 17.1 Å². The van der Waals surface area contributed by atoms with Gasteiger partial charge in [0.25, 0.3) is 0 Å². The molecule has 0 bridgehead atoms. The van der Waals surface area contributed by atoms with Gasteiger partial charge in [0.1, 0.15) is 0 Å². The number of hydrogen-bond acceptors (Lipinski definition) is 2. The molecule has 0 aromatic rings. The summed E-state index contributed by atoms with van der Waals surface area (Å²) in [5.41, 5.74) is 6.07. The molecule has 1 heterocycles. The zero-order valence-corrected chi connectivity index (χ0v) is 10.9. The van der Waals surface area contributed by atoms with E-state index in [1.807, 2.05) is 0 Å². The summed E-state index contributed by atoms with van der Waals surface area (Å²) in [6.45, 7) is 12.6. The fraction of sp³-hybridized carbons (Fsp3) is 1.00. The number of likely N-dealkylation sites (tertiary alicyclic amines) is 1. The second kappa shape index (κ2) is 5.31. The number of hydrogen-bond donors (Lipinski definition) is 1. The molecule has 0 aromatic heterocycles. The van der Waals surface area contributed by atoms with Gasteiger partial charge in [-0.15, -0.1) is 0 Å². The summed E-state index contributed by atoms with van der Waals surface area (Å²) in [5.74, 6) is 0.916. The van der Waals surface area contributed by atoms with E-state index in [0.717, 1.165) is 18.5 Å². The molecule has 90 valence electrons. The molecule has 1 aliphatic rings. The van der Waals surface area contributed by atoms with Crippen LogP contribution in [0.25, 0.3) is 0 Å². The summed E-state index contributed by atoms with van der Waals surface area (Å²) in [6.07, 6.45) is 3.96. The topological polar surface area (TPSA) is 29.3 Å². The zero-order valence-electron chi connectivity index (χ0n) is 10.9. The summed E-state index contributed by atoms with van der Waals surface area (Å²) in [6, 6.07) is 0.766. The zero-order chi connectivity index (χ0) is 11.5. The van der Waals surface area contributed by atoms with Gasteiger partial charge in [-0.2, -0.15) is 0 Å². The molecule has 2 nitrogen and oxygen atoms in total. The largest absolute Gasteiger partial charge is 0.330 e. The molecule has 2 atom stereocenters. The van der Waals surface area contributed by atoms with E-state index in [2.05, 4.69) is 32.6 Å². The van der Waals surface area contributed by atoms with E-state index in [0.29, 0.717) is 5.41 Å². The summed E-state index contributed by atoms with van der Waals surface area (Å²) in [5, 5.41) is 0. The Morgan fingerprint density at radius 3 is 2.53 bits per heavy atom. The summed E-state index contributed by atoms with van der Waals surface area (Å²) >= 11 is 0. The molecule has 0 aliphatic carbocycles. The highest BCUT2D eigenvalue weighted by Crippen LogP contribution is 2.25. The van der Waals surface area contributed by atoms with Gasteiger partial charge in [0, 0.05) is 6.04 Å². The van der Waals surface area contributed by atoms with Gasteiger partial charge in [-0.25, -0.2) is 0 Å². The molecule has 1 fully saturated rings. The van der Waals surface area contributed by atoms with Crippen molar-refractivity contribution in [3.05, 3.63) is 0 Å². The third-order valence-electron chi connectivity index (χ3n) is 3.90. The lowest BCUT2D eigenvalue weighted by Crippen LogP contribution is -2.42. The first-order chi connectivity index (χ1) is 6.94. The second-order valence-corrected chi connectivity index (χ2v) is 6.13. The first kappa shape index (κ1) is 13.0. The molecule has 2 unspecified atom stereocenters. The molecule has 1 aliphatic heterocycles. The molecule has 1 saturated heterocycles. The Bertz CT molecular complexity index is 189. The van der Waals surface area contributed by atoms with Gasteiger partial charge in [-0.1, -0.05) is 20.8 Å². The Morgan fingerprint density at radius 1 is 1.33 bits per heavy atom. The summed E-state index contributed by atoms with van der Waals surface area (Å²) < 4.78 is 0. The van der Waals surface area contributed by atoms with Crippen molar-refractivity contribution in [2.45, 2.75) is 53.0 Å². The number of nitrogens with two attached hydrogens (primary N) is 1. The van der Waals surface area contributed by atoms with Crippen LogP contribution in [0, 0.1) is 11.3 Å². The summed E-state index contributed by atoms with van der Waals surface area (Å²) in [7, 11) is 0. The smallest absolute Gasteiger partial charge is 0.00694 e. The first-order valence-corrected chi connectivity index (χ1v) is 6.39. The van der Waals surface area contributed by atoms with Crippen molar-refractivity contribution in [1.82, 2.24) is 4.90 Å². The Labute approximate surface area is 95.2 Å². The second-order valence-electron chi connectivity index (χ2n) is 6.13. The van der Waals surface area contributed by atoms with E-state index in [9.17, 15) is 0 Å². The van der Waals surface area contributed by atoms with Crippen LogP contribution in [-0.2, 0) is 0 Å². The van der Waals surface area contributed by atoms with Gasteiger partial charge in [-0.3, -0.25) is 0 Å². The van der Waals surface area contributed by atoms with Crippen LogP contribution in [0.5, 0.6) is 0 Å². The van der Waals surface area contributed by atoms with Crippen LogP contribution in [-0.4, -0.2) is 30.6 Å². The van der Waals surface area contributed by atoms with Gasteiger partial charge in [0.2, 0.25) is 0 Å². The molecule has 0 radical (unpaired) electrons. The predicted molar refractivity (Wildman–Crippen MR) is 66.9 cm³/mol. The van der Waals surface area contributed by atoms with E-state index >= 15 is 0 Å². The molecule has 2 heteroatoms. The van der Waals surface area contributed by atoms with Crippen LogP contribution in [0.2, 0.25) is 0 Å². The van der Waals surface area contributed by atoms with Crippen LogP contribution in [0.4, 0.5) is 0 Å². The minimum absolute atomic E-state index is 0.308. The van der Waals surface area contributed by atoms with Crippen molar-refractivity contribution < 1.29 is 0 Å². The Morgan fingerprint density at radius 2 is 2.00 bits per heavy atom. The molecular formula is C13H28N2. The normalized spacial score (nSPS) is 29.4. The molecule has 0 amide bonds. The standard InChI is InChI=1S/C13H28N2/c1-11-5-7-15(12(2)9-11)8-6-13(3,4)10-14/h11-12H,5-10,14H2,1-4H3. The van der Waals surface area contributed by atoms with Gasteiger partial charge in [-0.05, 0) is 57.2 Å². The minimum atomic E-state index is 0.308. The molecule has 2 N–H and O–H groups in total. The van der Waals surface area contributed by atoms with Crippen molar-refractivity contribution in [1.29, 1.82) is 0 Å². The lowest BCUT2D eigenvalue weighted by Gasteiger charge is -2.38. The maximum Gasteiger partial charge on any atom is 0.00694 e. The molecule has 1 rings (SSSR count). The van der Waals surface area contributed by atoms with Crippen molar-refractivity contribution in [3.63, 3.8) is 0 Å². The third-order valence-corrected chi connectivity index (χ3v) is 3.90. The van der Waals surface area contributed by atoms with E-state index < -0.39 is 0 Å². The monoisotopic (exact) mass is 212 g/mol. The highest BCUT2D eigenvalue weighted by Gasteiger charge is 2.24. The first-order valence-electron chi connectivity index (χ1n) is 6.39. The van der Waals surface area contributed by atoms with Gasteiger partial charge >= 0.3 is 0 Å². The van der Waals surface area contributed by atoms with E-state index in [-0.39, 0.29) is 0 Å². The molecule has 0 spiro atoms. The van der Waals surface area contributed by atoms with Crippen LogP contribution >= 0.6 is 0 Å². The predicted octanol–water partition coefficient (Wildman–Crippen LogP) is 2.48.